The van der Waals surface area contributed by atoms with Gasteiger partial charge in [0.2, 0.25) is 5.88 Å². The van der Waals surface area contributed by atoms with Gasteiger partial charge in [0.25, 0.3) is 5.91 Å². The fourth-order valence-corrected chi connectivity index (χ4v) is 3.93. The summed E-state index contributed by atoms with van der Waals surface area (Å²) >= 11 is 1.89. The Kier molecular flexibility index (Phi) is 5.20. The van der Waals surface area contributed by atoms with Crippen molar-refractivity contribution in [1.29, 1.82) is 0 Å². The standard InChI is InChI=1S/C16H23N3O2S/c1-19-8-4-12(5-9-19)18-15(20)14-3-2-7-17-16(14)21-13-6-10-22-11-13/h2-3,7,12-13H,4-6,8-11H2,1H3,(H,18,20). The number of carbonyl (C=O) groups excluding carboxylic acids is 1. The van der Waals surface area contributed by atoms with Crippen molar-refractivity contribution in [3.05, 3.63) is 23.9 Å². The number of amides is 1. The van der Waals surface area contributed by atoms with E-state index >= 15 is 0 Å². The molecular weight excluding hydrogens is 298 g/mol. The molecule has 0 bridgehead atoms. The molecule has 1 aromatic rings. The Labute approximate surface area is 135 Å². The van der Waals surface area contributed by atoms with E-state index in [0.29, 0.717) is 11.4 Å². The summed E-state index contributed by atoms with van der Waals surface area (Å²) in [5.74, 6) is 2.50. The van der Waals surface area contributed by atoms with Gasteiger partial charge in [0, 0.05) is 18.0 Å². The predicted molar refractivity (Wildman–Crippen MR) is 88.6 cm³/mol. The number of likely N-dealkylation sites (tertiary alicyclic amines) is 1. The third-order valence-corrected chi connectivity index (χ3v) is 5.37. The van der Waals surface area contributed by atoms with Crippen molar-refractivity contribution in [2.45, 2.75) is 31.4 Å². The Bertz CT molecular complexity index is 512. The van der Waals surface area contributed by atoms with E-state index in [1.807, 2.05) is 11.8 Å². The van der Waals surface area contributed by atoms with Crippen LogP contribution in [0.1, 0.15) is 29.6 Å². The highest BCUT2D eigenvalue weighted by atomic mass is 32.2. The number of carbonyl (C=O) groups is 1. The van der Waals surface area contributed by atoms with Gasteiger partial charge in [0.15, 0.2) is 0 Å². The van der Waals surface area contributed by atoms with Gasteiger partial charge in [-0.2, -0.15) is 11.8 Å². The quantitative estimate of drug-likeness (QED) is 0.916. The number of nitrogens with zero attached hydrogens (tertiary/aromatic N) is 2. The molecule has 2 aliphatic rings. The van der Waals surface area contributed by atoms with Gasteiger partial charge in [0.1, 0.15) is 11.7 Å². The largest absolute Gasteiger partial charge is 0.473 e. The van der Waals surface area contributed by atoms with Crippen LogP contribution in [-0.4, -0.2) is 59.6 Å². The number of hydrogen-bond donors (Lipinski definition) is 1. The van der Waals surface area contributed by atoms with E-state index in [1.165, 1.54) is 0 Å². The van der Waals surface area contributed by atoms with E-state index in [9.17, 15) is 4.79 Å². The maximum absolute atomic E-state index is 12.5. The van der Waals surface area contributed by atoms with Crippen molar-refractivity contribution in [2.24, 2.45) is 0 Å². The lowest BCUT2D eigenvalue weighted by atomic mass is 10.1. The molecule has 5 nitrogen and oxygen atoms in total. The van der Waals surface area contributed by atoms with E-state index in [-0.39, 0.29) is 18.1 Å². The van der Waals surface area contributed by atoms with Crippen molar-refractivity contribution in [2.75, 3.05) is 31.6 Å². The Balaban J connectivity index is 1.64. The van der Waals surface area contributed by atoms with Crippen LogP contribution >= 0.6 is 11.8 Å². The van der Waals surface area contributed by atoms with Crippen LogP contribution in [0.3, 0.4) is 0 Å². The van der Waals surface area contributed by atoms with Crippen molar-refractivity contribution in [3.8, 4) is 5.88 Å². The Morgan fingerprint density at radius 2 is 2.23 bits per heavy atom. The van der Waals surface area contributed by atoms with Crippen LogP contribution in [0, 0.1) is 0 Å². The Morgan fingerprint density at radius 1 is 1.41 bits per heavy atom. The van der Waals surface area contributed by atoms with Crippen LogP contribution < -0.4 is 10.1 Å². The fraction of sp³-hybridized carbons (Fsp3) is 0.625. The first-order valence-corrected chi connectivity index (χ1v) is 9.06. The first-order chi connectivity index (χ1) is 10.7. The van der Waals surface area contributed by atoms with Crippen molar-refractivity contribution >= 4 is 17.7 Å². The highest BCUT2D eigenvalue weighted by molar-refractivity contribution is 7.99. The number of thioether (sulfide) groups is 1. The van der Waals surface area contributed by atoms with E-state index < -0.39 is 0 Å². The van der Waals surface area contributed by atoms with Gasteiger partial charge >= 0.3 is 0 Å². The smallest absolute Gasteiger partial charge is 0.256 e. The van der Waals surface area contributed by atoms with Crippen LogP contribution in [0.2, 0.25) is 0 Å². The number of hydrogen-bond acceptors (Lipinski definition) is 5. The van der Waals surface area contributed by atoms with Gasteiger partial charge in [-0.15, -0.1) is 0 Å². The molecule has 22 heavy (non-hydrogen) atoms. The van der Waals surface area contributed by atoms with Crippen LogP contribution in [0.25, 0.3) is 0 Å². The second-order valence-electron chi connectivity index (χ2n) is 6.01. The highest BCUT2D eigenvalue weighted by Crippen LogP contribution is 2.24. The molecule has 1 aromatic heterocycles. The molecule has 0 spiro atoms. The number of nitrogens with one attached hydrogen (secondary N) is 1. The van der Waals surface area contributed by atoms with E-state index in [2.05, 4.69) is 22.2 Å². The van der Waals surface area contributed by atoms with E-state index in [0.717, 1.165) is 43.9 Å². The minimum absolute atomic E-state index is 0.0664. The molecule has 0 aromatic carbocycles. The number of aromatic nitrogens is 1. The van der Waals surface area contributed by atoms with Gasteiger partial charge < -0.3 is 15.0 Å². The number of pyridine rings is 1. The monoisotopic (exact) mass is 321 g/mol. The molecule has 120 valence electrons. The average Bonchev–Trinajstić information content (AvgIpc) is 3.03. The highest BCUT2D eigenvalue weighted by Gasteiger charge is 2.24. The SMILES string of the molecule is CN1CCC(NC(=O)c2cccnc2OC2CCSC2)CC1. The second kappa shape index (κ2) is 7.33. The molecule has 6 heteroatoms. The summed E-state index contributed by atoms with van der Waals surface area (Å²) in [5.41, 5.74) is 0.554. The molecule has 2 aliphatic heterocycles. The summed E-state index contributed by atoms with van der Waals surface area (Å²) in [6, 6.07) is 3.84. The number of piperidine rings is 1. The van der Waals surface area contributed by atoms with Gasteiger partial charge in [-0.1, -0.05) is 0 Å². The van der Waals surface area contributed by atoms with Crippen molar-refractivity contribution in [1.82, 2.24) is 15.2 Å². The average molecular weight is 321 g/mol. The summed E-state index contributed by atoms with van der Waals surface area (Å²) in [6.45, 7) is 2.06. The molecule has 2 saturated heterocycles. The van der Waals surface area contributed by atoms with E-state index in [1.54, 1.807) is 18.3 Å². The number of rotatable bonds is 4. The van der Waals surface area contributed by atoms with Gasteiger partial charge in [0.05, 0.1) is 0 Å². The predicted octanol–water partition coefficient (Wildman–Crippen LogP) is 1.79. The van der Waals surface area contributed by atoms with Gasteiger partial charge in [-0.05, 0) is 57.3 Å². The van der Waals surface area contributed by atoms with Gasteiger partial charge in [-0.25, -0.2) is 4.98 Å². The summed E-state index contributed by atoms with van der Waals surface area (Å²) in [5, 5.41) is 3.13. The molecular formula is C16H23N3O2S. The zero-order chi connectivity index (χ0) is 15.4. The van der Waals surface area contributed by atoms with Crippen molar-refractivity contribution < 1.29 is 9.53 Å². The van der Waals surface area contributed by atoms with Gasteiger partial charge in [-0.3, -0.25) is 4.79 Å². The maximum atomic E-state index is 12.5. The third-order valence-electron chi connectivity index (χ3n) is 4.24. The lowest BCUT2D eigenvalue weighted by Gasteiger charge is -2.29. The van der Waals surface area contributed by atoms with Crippen molar-refractivity contribution in [3.63, 3.8) is 0 Å². The maximum Gasteiger partial charge on any atom is 0.256 e. The zero-order valence-corrected chi connectivity index (χ0v) is 13.8. The topological polar surface area (TPSA) is 54.5 Å². The first-order valence-electron chi connectivity index (χ1n) is 7.91. The minimum atomic E-state index is -0.0664. The third kappa shape index (κ3) is 3.93. The normalized spacial score (nSPS) is 23.4. The van der Waals surface area contributed by atoms with Crippen LogP contribution in [0.5, 0.6) is 5.88 Å². The molecule has 3 rings (SSSR count). The van der Waals surface area contributed by atoms with E-state index in [4.69, 9.17) is 4.74 Å². The summed E-state index contributed by atoms with van der Waals surface area (Å²) < 4.78 is 5.93. The summed E-state index contributed by atoms with van der Waals surface area (Å²) in [7, 11) is 2.12. The first kappa shape index (κ1) is 15.6. The molecule has 1 N–H and O–H groups in total. The number of ether oxygens (including phenoxy) is 1. The molecule has 2 fully saturated rings. The Morgan fingerprint density at radius 3 is 2.95 bits per heavy atom. The molecule has 3 heterocycles. The summed E-state index contributed by atoms with van der Waals surface area (Å²) in [4.78, 5) is 19.1. The lowest BCUT2D eigenvalue weighted by Crippen LogP contribution is -2.43. The van der Waals surface area contributed by atoms with Crippen LogP contribution in [0.4, 0.5) is 0 Å². The lowest BCUT2D eigenvalue weighted by molar-refractivity contribution is 0.0909. The fourth-order valence-electron chi connectivity index (χ4n) is 2.84. The second-order valence-corrected chi connectivity index (χ2v) is 7.16. The molecule has 1 atom stereocenters. The molecule has 1 amide bonds. The molecule has 0 radical (unpaired) electrons. The molecule has 1 unspecified atom stereocenters. The summed E-state index contributed by atoms with van der Waals surface area (Å²) in [6.07, 6.45) is 4.88. The zero-order valence-electron chi connectivity index (χ0n) is 13.0. The molecule has 0 saturated carbocycles. The molecule has 0 aliphatic carbocycles. The van der Waals surface area contributed by atoms with Crippen LogP contribution in [0.15, 0.2) is 18.3 Å². The Hall–Kier alpha value is -1.27. The minimum Gasteiger partial charge on any atom is -0.473 e. The van der Waals surface area contributed by atoms with Crippen LogP contribution in [-0.2, 0) is 0 Å².